The number of carbonyl (C=O) groups excluding carboxylic acids is 2. The molecule has 146 valence electrons. The second kappa shape index (κ2) is 8.21. The van der Waals surface area contributed by atoms with Crippen LogP contribution in [-0.2, 0) is 16.0 Å². The lowest BCUT2D eigenvalue weighted by Gasteiger charge is -2.26. The molecule has 0 aromatic heterocycles. The van der Waals surface area contributed by atoms with Gasteiger partial charge >= 0.3 is 5.97 Å². The SMILES string of the molecule is C[C@@H](OC(=O)c1ccc(C2SCCS2)cc1)C(=O)N1c2ccccc2C[C@@H]1C. The molecule has 2 aromatic rings. The Labute approximate surface area is 174 Å². The number of nitrogens with zero attached hydrogens (tertiary/aromatic N) is 1. The van der Waals surface area contributed by atoms with Crippen molar-refractivity contribution in [3.8, 4) is 0 Å². The fraction of sp³-hybridized carbons (Fsp3) is 0.364. The Kier molecular flexibility index (Phi) is 5.69. The smallest absolute Gasteiger partial charge is 0.338 e. The fourth-order valence-electron chi connectivity index (χ4n) is 3.70. The summed E-state index contributed by atoms with van der Waals surface area (Å²) in [4.78, 5) is 27.2. The molecule has 1 amide bonds. The van der Waals surface area contributed by atoms with Crippen LogP contribution in [0.2, 0.25) is 0 Å². The number of para-hydroxylation sites is 1. The highest BCUT2D eigenvalue weighted by molar-refractivity contribution is 8.19. The number of benzene rings is 2. The number of hydrogen-bond donors (Lipinski definition) is 0. The van der Waals surface area contributed by atoms with Gasteiger partial charge in [-0.05, 0) is 49.6 Å². The minimum atomic E-state index is -0.832. The van der Waals surface area contributed by atoms with Gasteiger partial charge in [-0.3, -0.25) is 4.79 Å². The molecule has 0 spiro atoms. The van der Waals surface area contributed by atoms with Crippen LogP contribution in [-0.4, -0.2) is 35.5 Å². The number of rotatable bonds is 4. The number of amides is 1. The molecule has 2 atom stereocenters. The van der Waals surface area contributed by atoms with Gasteiger partial charge in [0, 0.05) is 23.2 Å². The highest BCUT2D eigenvalue weighted by Crippen LogP contribution is 2.45. The first-order valence-electron chi connectivity index (χ1n) is 9.49. The third-order valence-electron chi connectivity index (χ3n) is 5.12. The maximum Gasteiger partial charge on any atom is 0.338 e. The van der Waals surface area contributed by atoms with Crippen molar-refractivity contribution in [1.82, 2.24) is 0 Å². The van der Waals surface area contributed by atoms with E-state index in [0.29, 0.717) is 10.1 Å². The lowest BCUT2D eigenvalue weighted by Crippen LogP contribution is -2.43. The van der Waals surface area contributed by atoms with Gasteiger partial charge in [-0.15, -0.1) is 23.5 Å². The molecule has 2 heterocycles. The standard InChI is InChI=1S/C22H23NO3S2/c1-14-13-18-5-3-4-6-19(18)23(14)20(24)15(2)26-21(25)16-7-9-17(10-8-16)22-27-11-12-28-22/h3-10,14-15,22H,11-13H2,1-2H3/t14-,15+/m0/s1. The average Bonchev–Trinajstić information content (AvgIpc) is 3.34. The lowest BCUT2D eigenvalue weighted by atomic mass is 10.1. The fourth-order valence-corrected chi connectivity index (χ4v) is 6.56. The van der Waals surface area contributed by atoms with Crippen LogP contribution in [0.1, 0.15) is 39.9 Å². The van der Waals surface area contributed by atoms with Crippen molar-refractivity contribution >= 4 is 41.1 Å². The Bertz CT molecular complexity index is 878. The maximum atomic E-state index is 13.0. The van der Waals surface area contributed by atoms with Crippen molar-refractivity contribution in [1.29, 1.82) is 0 Å². The molecule has 2 aliphatic heterocycles. The van der Waals surface area contributed by atoms with Gasteiger partial charge in [0.1, 0.15) is 0 Å². The van der Waals surface area contributed by atoms with Crippen molar-refractivity contribution < 1.29 is 14.3 Å². The van der Waals surface area contributed by atoms with Crippen LogP contribution in [0.15, 0.2) is 48.5 Å². The summed E-state index contributed by atoms with van der Waals surface area (Å²) in [5, 5.41) is 0. The summed E-state index contributed by atoms with van der Waals surface area (Å²) in [6, 6.07) is 15.5. The van der Waals surface area contributed by atoms with E-state index in [1.165, 1.54) is 5.56 Å². The number of thioether (sulfide) groups is 2. The van der Waals surface area contributed by atoms with Crippen molar-refractivity contribution in [3.63, 3.8) is 0 Å². The molecule has 6 heteroatoms. The van der Waals surface area contributed by atoms with Crippen LogP contribution in [0.25, 0.3) is 0 Å². The monoisotopic (exact) mass is 413 g/mol. The van der Waals surface area contributed by atoms with E-state index in [1.807, 2.05) is 66.8 Å². The molecule has 4 nitrogen and oxygen atoms in total. The van der Waals surface area contributed by atoms with Crippen LogP contribution in [0.4, 0.5) is 5.69 Å². The number of fused-ring (bicyclic) bond motifs is 1. The third kappa shape index (κ3) is 3.80. The largest absolute Gasteiger partial charge is 0.449 e. The number of anilines is 1. The van der Waals surface area contributed by atoms with E-state index in [-0.39, 0.29) is 11.9 Å². The molecule has 0 radical (unpaired) electrons. The predicted molar refractivity (Wildman–Crippen MR) is 116 cm³/mol. The van der Waals surface area contributed by atoms with Gasteiger partial charge in [-0.2, -0.15) is 0 Å². The summed E-state index contributed by atoms with van der Waals surface area (Å²) in [5.74, 6) is 1.69. The van der Waals surface area contributed by atoms with E-state index in [9.17, 15) is 9.59 Å². The van der Waals surface area contributed by atoms with Crippen molar-refractivity contribution in [3.05, 3.63) is 65.2 Å². The topological polar surface area (TPSA) is 46.6 Å². The molecule has 0 N–H and O–H groups in total. The zero-order valence-corrected chi connectivity index (χ0v) is 17.6. The molecule has 1 fully saturated rings. The first-order chi connectivity index (χ1) is 13.5. The van der Waals surface area contributed by atoms with Crippen molar-refractivity contribution in [2.75, 3.05) is 16.4 Å². The second-order valence-electron chi connectivity index (χ2n) is 7.13. The number of esters is 1. The number of ether oxygens (including phenoxy) is 1. The van der Waals surface area contributed by atoms with Crippen LogP contribution >= 0.6 is 23.5 Å². The Morgan fingerprint density at radius 1 is 1.07 bits per heavy atom. The van der Waals surface area contributed by atoms with Crippen LogP contribution in [0, 0.1) is 0 Å². The minimum absolute atomic E-state index is 0.0618. The molecule has 4 rings (SSSR count). The number of carbonyl (C=O) groups is 2. The summed E-state index contributed by atoms with van der Waals surface area (Å²) in [7, 11) is 0. The highest BCUT2D eigenvalue weighted by Gasteiger charge is 2.34. The molecular weight excluding hydrogens is 390 g/mol. The van der Waals surface area contributed by atoms with Gasteiger partial charge in [0.25, 0.3) is 5.91 Å². The van der Waals surface area contributed by atoms with Crippen LogP contribution in [0.3, 0.4) is 0 Å². The Hall–Kier alpha value is -1.92. The van der Waals surface area contributed by atoms with E-state index in [4.69, 9.17) is 4.74 Å². The zero-order valence-electron chi connectivity index (χ0n) is 16.0. The maximum absolute atomic E-state index is 13.0. The van der Waals surface area contributed by atoms with Crippen molar-refractivity contribution in [2.24, 2.45) is 0 Å². The lowest BCUT2D eigenvalue weighted by molar-refractivity contribution is -0.126. The van der Waals surface area contributed by atoms with Crippen molar-refractivity contribution in [2.45, 2.75) is 37.0 Å². The summed E-state index contributed by atoms with van der Waals surface area (Å²) in [5.41, 5.74) is 3.76. The molecule has 28 heavy (non-hydrogen) atoms. The van der Waals surface area contributed by atoms with Gasteiger partial charge in [0.05, 0.1) is 10.1 Å². The van der Waals surface area contributed by atoms with Gasteiger partial charge in [0.15, 0.2) is 6.10 Å². The first kappa shape index (κ1) is 19.4. The minimum Gasteiger partial charge on any atom is -0.449 e. The molecule has 2 aromatic carbocycles. The molecular formula is C22H23NO3S2. The first-order valence-corrected chi connectivity index (χ1v) is 11.6. The summed E-state index contributed by atoms with van der Waals surface area (Å²) >= 11 is 3.86. The summed E-state index contributed by atoms with van der Waals surface area (Å²) < 4.78 is 5.95. The Morgan fingerprint density at radius 2 is 1.75 bits per heavy atom. The average molecular weight is 414 g/mol. The molecule has 0 bridgehead atoms. The predicted octanol–water partition coefficient (Wildman–Crippen LogP) is 4.69. The van der Waals surface area contributed by atoms with E-state index in [2.05, 4.69) is 0 Å². The van der Waals surface area contributed by atoms with Gasteiger partial charge in [-0.1, -0.05) is 30.3 Å². The Balaban J connectivity index is 1.42. The van der Waals surface area contributed by atoms with Crippen LogP contribution in [0.5, 0.6) is 0 Å². The molecule has 2 aliphatic rings. The van der Waals surface area contributed by atoms with E-state index in [0.717, 1.165) is 29.2 Å². The van der Waals surface area contributed by atoms with Gasteiger partial charge in [-0.25, -0.2) is 4.79 Å². The summed E-state index contributed by atoms with van der Waals surface area (Å²) in [6.07, 6.45) is -0.0111. The molecule has 1 saturated heterocycles. The second-order valence-corrected chi connectivity index (χ2v) is 9.86. The van der Waals surface area contributed by atoms with Gasteiger partial charge < -0.3 is 9.64 Å². The highest BCUT2D eigenvalue weighted by atomic mass is 32.2. The quantitative estimate of drug-likeness (QED) is 0.681. The van der Waals surface area contributed by atoms with E-state index >= 15 is 0 Å². The summed E-state index contributed by atoms with van der Waals surface area (Å²) in [6.45, 7) is 3.66. The normalized spacial score (nSPS) is 20.1. The molecule has 0 saturated carbocycles. The Morgan fingerprint density at radius 3 is 2.46 bits per heavy atom. The van der Waals surface area contributed by atoms with E-state index < -0.39 is 12.1 Å². The third-order valence-corrected chi connectivity index (χ3v) is 8.22. The molecule has 0 unspecified atom stereocenters. The zero-order chi connectivity index (χ0) is 19.7. The van der Waals surface area contributed by atoms with Crippen LogP contribution < -0.4 is 4.90 Å². The van der Waals surface area contributed by atoms with Gasteiger partial charge in [0.2, 0.25) is 0 Å². The van der Waals surface area contributed by atoms with E-state index in [1.54, 1.807) is 24.0 Å². The molecule has 0 aliphatic carbocycles. The number of hydrogen-bond acceptors (Lipinski definition) is 5.